The largest absolute Gasteiger partial charge is 0.372 e. The van der Waals surface area contributed by atoms with E-state index in [-0.39, 0.29) is 11.9 Å². The van der Waals surface area contributed by atoms with Crippen LogP contribution in [0.15, 0.2) is 0 Å². The molecule has 1 aliphatic rings. The lowest BCUT2D eigenvalue weighted by Gasteiger charge is -2.15. The van der Waals surface area contributed by atoms with Crippen LogP contribution in [0.3, 0.4) is 0 Å². The van der Waals surface area contributed by atoms with Crippen molar-refractivity contribution in [1.82, 2.24) is 4.98 Å². The molecule has 0 aliphatic heterocycles. The summed E-state index contributed by atoms with van der Waals surface area (Å²) in [5, 5.41) is 3.42. The number of hydrogen-bond acceptors (Lipinski definition) is 5. The number of nitrogens with one attached hydrogen (secondary N) is 1. The van der Waals surface area contributed by atoms with E-state index in [4.69, 9.17) is 10.5 Å². The Hall–Kier alpha value is -0.980. The van der Waals surface area contributed by atoms with Gasteiger partial charge in [0.2, 0.25) is 0 Å². The van der Waals surface area contributed by atoms with Gasteiger partial charge >= 0.3 is 0 Å². The maximum atomic E-state index is 11.6. The Morgan fingerprint density at radius 1 is 1.71 bits per heavy atom. The van der Waals surface area contributed by atoms with Gasteiger partial charge < -0.3 is 10.5 Å². The third-order valence-electron chi connectivity index (χ3n) is 2.93. The summed E-state index contributed by atoms with van der Waals surface area (Å²) in [5.41, 5.74) is 6.98. The number of carbonyl (C=O) groups excluding carboxylic acids is 1. The van der Waals surface area contributed by atoms with Gasteiger partial charge in [-0.1, -0.05) is 0 Å². The second-order valence-corrected chi connectivity index (χ2v) is 5.34. The molecule has 0 fully saturated rings. The highest BCUT2D eigenvalue weighted by Gasteiger charge is 2.21. The molecule has 0 saturated heterocycles. The van der Waals surface area contributed by atoms with Crippen LogP contribution in [0.4, 0.5) is 5.13 Å². The smallest absolute Gasteiger partial charge is 0.254 e. The van der Waals surface area contributed by atoms with Crippen molar-refractivity contribution < 1.29 is 9.53 Å². The standard InChI is InChI=1S/C11H17N3O2S/c1-6(16-2)10(15)14-11-13-8-4-3-7(12)5-9(8)17-11/h6-7H,3-5,12H2,1-2H3,(H,13,14,15)/t6?,7-/m0/s1. The molecule has 0 radical (unpaired) electrons. The Labute approximate surface area is 104 Å². The fourth-order valence-corrected chi connectivity index (χ4v) is 2.87. The number of nitrogens with two attached hydrogens (primary N) is 1. The average molecular weight is 255 g/mol. The predicted octanol–water partition coefficient (Wildman–Crippen LogP) is 0.933. The number of methoxy groups -OCH3 is 1. The number of aryl methyl sites for hydroxylation is 1. The number of hydrogen-bond donors (Lipinski definition) is 2. The number of fused-ring (bicyclic) bond motifs is 1. The molecular formula is C11H17N3O2S. The van der Waals surface area contributed by atoms with Crippen molar-refractivity contribution in [3.63, 3.8) is 0 Å². The monoisotopic (exact) mass is 255 g/mol. The molecule has 2 rings (SSSR count). The summed E-state index contributed by atoms with van der Waals surface area (Å²) in [6.45, 7) is 1.71. The first-order valence-corrected chi connectivity index (χ1v) is 6.49. The summed E-state index contributed by atoms with van der Waals surface area (Å²) in [5.74, 6) is -0.164. The van der Waals surface area contributed by atoms with E-state index in [1.54, 1.807) is 6.92 Å². The van der Waals surface area contributed by atoms with Crippen molar-refractivity contribution in [2.75, 3.05) is 12.4 Å². The second kappa shape index (κ2) is 5.12. The number of rotatable bonds is 3. The van der Waals surface area contributed by atoms with E-state index in [0.29, 0.717) is 5.13 Å². The van der Waals surface area contributed by atoms with Gasteiger partial charge in [0, 0.05) is 18.0 Å². The van der Waals surface area contributed by atoms with Crippen LogP contribution in [0.1, 0.15) is 23.9 Å². The molecule has 1 aliphatic carbocycles. The summed E-state index contributed by atoms with van der Waals surface area (Å²) in [7, 11) is 1.51. The molecule has 1 unspecified atom stereocenters. The lowest BCUT2D eigenvalue weighted by Crippen LogP contribution is -2.27. The minimum absolute atomic E-state index is 0.164. The van der Waals surface area contributed by atoms with Gasteiger partial charge in [-0.15, -0.1) is 11.3 Å². The third kappa shape index (κ3) is 2.83. The van der Waals surface area contributed by atoms with E-state index in [1.807, 2.05) is 0 Å². The van der Waals surface area contributed by atoms with Gasteiger partial charge in [0.1, 0.15) is 6.10 Å². The number of amides is 1. The molecule has 1 aromatic rings. The zero-order chi connectivity index (χ0) is 12.4. The zero-order valence-corrected chi connectivity index (χ0v) is 10.8. The van der Waals surface area contributed by atoms with E-state index in [2.05, 4.69) is 10.3 Å². The molecule has 0 aromatic carbocycles. The molecule has 3 N–H and O–H groups in total. The Morgan fingerprint density at radius 3 is 3.18 bits per heavy atom. The van der Waals surface area contributed by atoms with Gasteiger partial charge in [0.15, 0.2) is 5.13 Å². The van der Waals surface area contributed by atoms with Gasteiger partial charge in [-0.25, -0.2) is 4.98 Å². The number of nitrogens with zero attached hydrogens (tertiary/aromatic N) is 1. The Kier molecular flexibility index (Phi) is 3.76. The minimum atomic E-state index is -0.460. The normalized spacial score (nSPS) is 20.8. The van der Waals surface area contributed by atoms with Crippen LogP contribution in [-0.2, 0) is 22.4 Å². The Morgan fingerprint density at radius 2 is 2.47 bits per heavy atom. The Bertz CT molecular complexity index is 419. The van der Waals surface area contributed by atoms with E-state index in [9.17, 15) is 4.79 Å². The molecule has 94 valence electrons. The summed E-state index contributed by atoms with van der Waals surface area (Å²) >= 11 is 1.52. The Balaban J connectivity index is 2.06. The SMILES string of the molecule is COC(C)C(=O)Nc1nc2c(s1)C[C@@H](N)CC2. The number of thiazole rings is 1. The number of anilines is 1. The third-order valence-corrected chi connectivity index (χ3v) is 3.97. The van der Waals surface area contributed by atoms with Gasteiger partial charge in [0.05, 0.1) is 5.69 Å². The molecule has 1 heterocycles. The minimum Gasteiger partial charge on any atom is -0.372 e. The van der Waals surface area contributed by atoms with E-state index in [1.165, 1.54) is 23.3 Å². The first kappa shape index (κ1) is 12.5. The maximum Gasteiger partial charge on any atom is 0.254 e. The van der Waals surface area contributed by atoms with Crippen molar-refractivity contribution in [3.8, 4) is 0 Å². The van der Waals surface area contributed by atoms with Crippen LogP contribution in [0.25, 0.3) is 0 Å². The zero-order valence-electron chi connectivity index (χ0n) is 10.0. The molecule has 2 atom stereocenters. The van der Waals surface area contributed by atoms with Gasteiger partial charge in [-0.3, -0.25) is 10.1 Å². The lowest BCUT2D eigenvalue weighted by molar-refractivity contribution is -0.124. The van der Waals surface area contributed by atoms with E-state index < -0.39 is 6.10 Å². The molecule has 1 amide bonds. The second-order valence-electron chi connectivity index (χ2n) is 4.26. The molecular weight excluding hydrogens is 238 g/mol. The van der Waals surface area contributed by atoms with E-state index >= 15 is 0 Å². The van der Waals surface area contributed by atoms with Crippen LogP contribution in [0, 0.1) is 0 Å². The van der Waals surface area contributed by atoms with Crippen molar-refractivity contribution in [1.29, 1.82) is 0 Å². The predicted molar refractivity (Wildman–Crippen MR) is 67.2 cm³/mol. The molecule has 0 spiro atoms. The molecule has 17 heavy (non-hydrogen) atoms. The van der Waals surface area contributed by atoms with Crippen LogP contribution in [0.2, 0.25) is 0 Å². The summed E-state index contributed by atoms with van der Waals surface area (Å²) < 4.78 is 4.95. The highest BCUT2D eigenvalue weighted by molar-refractivity contribution is 7.15. The van der Waals surface area contributed by atoms with E-state index in [0.717, 1.165) is 25.0 Å². The number of aromatic nitrogens is 1. The van der Waals surface area contributed by atoms with Crippen molar-refractivity contribution in [2.24, 2.45) is 5.73 Å². The molecule has 1 aromatic heterocycles. The lowest BCUT2D eigenvalue weighted by atomic mass is 9.99. The molecule has 0 bridgehead atoms. The van der Waals surface area contributed by atoms with Crippen LogP contribution >= 0.6 is 11.3 Å². The van der Waals surface area contributed by atoms with Crippen molar-refractivity contribution >= 4 is 22.4 Å². The average Bonchev–Trinajstić information content (AvgIpc) is 2.69. The number of carbonyl (C=O) groups is 1. The van der Waals surface area contributed by atoms with Crippen molar-refractivity contribution in [3.05, 3.63) is 10.6 Å². The highest BCUT2D eigenvalue weighted by Crippen LogP contribution is 2.29. The van der Waals surface area contributed by atoms with Crippen molar-refractivity contribution in [2.45, 2.75) is 38.3 Å². The van der Waals surface area contributed by atoms with Crippen LogP contribution in [0.5, 0.6) is 0 Å². The topological polar surface area (TPSA) is 77.2 Å². The fourth-order valence-electron chi connectivity index (χ4n) is 1.77. The van der Waals surface area contributed by atoms with Crippen LogP contribution in [-0.4, -0.2) is 30.1 Å². The highest BCUT2D eigenvalue weighted by atomic mass is 32.1. The van der Waals surface area contributed by atoms with Gasteiger partial charge in [-0.05, 0) is 26.2 Å². The molecule has 0 saturated carbocycles. The van der Waals surface area contributed by atoms with Crippen LogP contribution < -0.4 is 11.1 Å². The fraction of sp³-hybridized carbons (Fsp3) is 0.636. The maximum absolute atomic E-state index is 11.6. The first-order chi connectivity index (χ1) is 8.10. The van der Waals surface area contributed by atoms with Gasteiger partial charge in [-0.2, -0.15) is 0 Å². The molecule has 6 heteroatoms. The first-order valence-electron chi connectivity index (χ1n) is 5.68. The van der Waals surface area contributed by atoms with Gasteiger partial charge in [0.25, 0.3) is 5.91 Å². The number of ether oxygens (including phenoxy) is 1. The molecule has 5 nitrogen and oxygen atoms in total. The summed E-state index contributed by atoms with van der Waals surface area (Å²) in [4.78, 5) is 17.2. The summed E-state index contributed by atoms with van der Waals surface area (Å²) in [6, 6.07) is 0.226. The summed E-state index contributed by atoms with van der Waals surface area (Å²) in [6.07, 6.45) is 2.28. The quantitative estimate of drug-likeness (QED) is 0.842.